The second-order valence-corrected chi connectivity index (χ2v) is 9.82. The van der Waals surface area contributed by atoms with E-state index in [1.54, 1.807) is 0 Å². The van der Waals surface area contributed by atoms with Gasteiger partial charge in [0.25, 0.3) is 0 Å². The summed E-state index contributed by atoms with van der Waals surface area (Å²) in [5.41, 5.74) is 5.55. The molecule has 0 bridgehead atoms. The molecule has 0 spiro atoms. The minimum atomic E-state index is -0.407. The first-order chi connectivity index (χ1) is 15.4. The lowest BCUT2D eigenvalue weighted by Gasteiger charge is -2.47. The van der Waals surface area contributed by atoms with E-state index in [0.29, 0.717) is 6.61 Å². The van der Waals surface area contributed by atoms with E-state index in [9.17, 15) is 0 Å². The van der Waals surface area contributed by atoms with Crippen molar-refractivity contribution in [3.05, 3.63) is 91.0 Å². The van der Waals surface area contributed by atoms with Crippen LogP contribution < -0.4 is 11.6 Å². The Bertz CT molecular complexity index is 1250. The molecule has 3 N–H and O–H groups in total. The summed E-state index contributed by atoms with van der Waals surface area (Å²) in [7, 11) is -0.407. The van der Waals surface area contributed by atoms with Crippen molar-refractivity contribution in [3.8, 4) is 22.3 Å². The molecular formula is C29H32BNO2. The third-order valence-corrected chi connectivity index (χ3v) is 7.10. The maximum atomic E-state index is 6.60. The molecule has 1 saturated heterocycles. The second kappa shape index (κ2) is 8.79. The van der Waals surface area contributed by atoms with Gasteiger partial charge in [-0.25, -0.2) is 0 Å². The molecule has 4 aromatic rings. The van der Waals surface area contributed by atoms with Crippen molar-refractivity contribution in [1.29, 1.82) is 0 Å². The molecule has 0 aliphatic carbocycles. The van der Waals surface area contributed by atoms with Crippen LogP contribution in [0.3, 0.4) is 0 Å². The molecule has 5 rings (SSSR count). The molecule has 0 atom stereocenters. The molecule has 168 valence electrons. The van der Waals surface area contributed by atoms with E-state index in [2.05, 4.69) is 119 Å². The van der Waals surface area contributed by atoms with Crippen molar-refractivity contribution in [1.82, 2.24) is 6.15 Å². The monoisotopic (exact) mass is 437 g/mol. The molecule has 1 heterocycles. The van der Waals surface area contributed by atoms with Crippen molar-refractivity contribution >= 4 is 23.4 Å². The number of fused-ring (bicyclic) bond motifs is 1. The van der Waals surface area contributed by atoms with E-state index >= 15 is 0 Å². The highest BCUT2D eigenvalue weighted by molar-refractivity contribution is 6.65. The van der Waals surface area contributed by atoms with Crippen LogP contribution in [-0.2, 0) is 9.31 Å². The van der Waals surface area contributed by atoms with Gasteiger partial charge < -0.3 is 15.5 Å². The molecule has 1 fully saturated rings. The van der Waals surface area contributed by atoms with Crippen LogP contribution in [0, 0.1) is 5.41 Å². The number of rotatable bonds is 3. The van der Waals surface area contributed by atoms with Gasteiger partial charge in [-0.3, -0.25) is 0 Å². The highest BCUT2D eigenvalue weighted by Gasteiger charge is 2.47. The zero-order valence-electron chi connectivity index (χ0n) is 20.0. The quantitative estimate of drug-likeness (QED) is 0.356. The van der Waals surface area contributed by atoms with Crippen LogP contribution >= 0.6 is 0 Å². The Balaban J connectivity index is 0.00000259. The van der Waals surface area contributed by atoms with E-state index in [1.165, 1.54) is 33.0 Å². The fraction of sp³-hybridized carbons (Fsp3) is 0.241. The van der Waals surface area contributed by atoms with Gasteiger partial charge in [0.1, 0.15) is 0 Å². The van der Waals surface area contributed by atoms with Gasteiger partial charge in [0, 0.05) is 12.0 Å². The predicted molar refractivity (Wildman–Crippen MR) is 140 cm³/mol. The van der Waals surface area contributed by atoms with Crippen LogP contribution in [0.1, 0.15) is 27.7 Å². The second-order valence-electron chi connectivity index (χ2n) is 9.82. The Morgan fingerprint density at radius 3 is 1.85 bits per heavy atom. The minimum absolute atomic E-state index is 0. The van der Waals surface area contributed by atoms with Gasteiger partial charge in [-0.15, -0.1) is 0 Å². The molecule has 1 aliphatic rings. The molecule has 0 radical (unpaired) electrons. The smallest absolute Gasteiger partial charge is 0.407 e. The number of hydrogen-bond acceptors (Lipinski definition) is 3. The summed E-state index contributed by atoms with van der Waals surface area (Å²) < 4.78 is 12.9. The largest absolute Gasteiger partial charge is 0.494 e. The van der Waals surface area contributed by atoms with Crippen LogP contribution in [0.5, 0.6) is 0 Å². The lowest BCUT2D eigenvalue weighted by Crippen LogP contribution is -2.58. The minimum Gasteiger partial charge on any atom is -0.407 e. The summed E-state index contributed by atoms with van der Waals surface area (Å²) in [5.74, 6) is 0. The van der Waals surface area contributed by atoms with Crippen molar-refractivity contribution in [3.63, 3.8) is 0 Å². The number of benzene rings is 4. The highest BCUT2D eigenvalue weighted by Crippen LogP contribution is 2.41. The summed E-state index contributed by atoms with van der Waals surface area (Å²) in [6, 6.07) is 32.1. The Morgan fingerprint density at radius 1 is 0.697 bits per heavy atom. The molecule has 0 saturated carbocycles. The predicted octanol–water partition coefficient (Wildman–Crippen LogP) is 6.88. The van der Waals surface area contributed by atoms with Crippen LogP contribution in [-0.4, -0.2) is 19.3 Å². The third-order valence-electron chi connectivity index (χ3n) is 7.10. The lowest BCUT2D eigenvalue weighted by atomic mass is 9.67. The van der Waals surface area contributed by atoms with E-state index in [-0.39, 0.29) is 17.2 Å². The molecule has 0 aromatic heterocycles. The van der Waals surface area contributed by atoms with Gasteiger partial charge in [0.15, 0.2) is 0 Å². The van der Waals surface area contributed by atoms with Gasteiger partial charge in [0.05, 0.1) is 5.60 Å². The Kier molecular flexibility index (Phi) is 6.19. The summed E-state index contributed by atoms with van der Waals surface area (Å²) in [6.07, 6.45) is 0. The average molecular weight is 437 g/mol. The topological polar surface area (TPSA) is 53.5 Å². The third kappa shape index (κ3) is 4.11. The Labute approximate surface area is 197 Å². The molecule has 3 nitrogen and oxygen atoms in total. The summed E-state index contributed by atoms with van der Waals surface area (Å²) in [5, 5.41) is 2.39. The van der Waals surface area contributed by atoms with Gasteiger partial charge in [-0.05, 0) is 52.3 Å². The first-order valence-corrected chi connectivity index (χ1v) is 11.3. The van der Waals surface area contributed by atoms with Gasteiger partial charge in [-0.2, -0.15) is 0 Å². The van der Waals surface area contributed by atoms with E-state index in [4.69, 9.17) is 9.31 Å². The van der Waals surface area contributed by atoms with Crippen LogP contribution in [0.2, 0.25) is 0 Å². The van der Waals surface area contributed by atoms with Crippen molar-refractivity contribution < 1.29 is 9.31 Å². The van der Waals surface area contributed by atoms with E-state index in [0.717, 1.165) is 5.46 Å². The maximum Gasteiger partial charge on any atom is 0.494 e. The fourth-order valence-electron chi connectivity index (χ4n) is 4.43. The van der Waals surface area contributed by atoms with Gasteiger partial charge in [0.2, 0.25) is 0 Å². The van der Waals surface area contributed by atoms with Crippen LogP contribution in [0.15, 0.2) is 91.0 Å². The summed E-state index contributed by atoms with van der Waals surface area (Å²) in [4.78, 5) is 0. The molecule has 1 aliphatic heterocycles. The maximum absolute atomic E-state index is 6.60. The fourth-order valence-corrected chi connectivity index (χ4v) is 4.43. The average Bonchev–Trinajstić information content (AvgIpc) is 2.81. The normalized spacial score (nSPS) is 16.9. The standard InChI is InChI=1S/C29H29BO2.H3N/c1-28(2)20-31-30(32-29(28,3)4)26-19-25(21-13-7-5-8-14-21)27(22-15-9-6-10-16-22)24-18-12-11-17-23(24)26;/h5-19H,20H2,1-4H3;1H3. The van der Waals surface area contributed by atoms with E-state index in [1.807, 2.05) is 0 Å². The van der Waals surface area contributed by atoms with Crippen LogP contribution in [0.4, 0.5) is 0 Å². The SMILES string of the molecule is CC1(C)COB(c2cc(-c3ccccc3)c(-c3ccccc3)c3ccccc23)OC1(C)C.N. The Morgan fingerprint density at radius 2 is 1.24 bits per heavy atom. The van der Waals surface area contributed by atoms with Crippen molar-refractivity contribution in [2.24, 2.45) is 5.41 Å². The van der Waals surface area contributed by atoms with Crippen molar-refractivity contribution in [2.75, 3.05) is 6.61 Å². The van der Waals surface area contributed by atoms with Gasteiger partial charge >= 0.3 is 7.12 Å². The molecule has 33 heavy (non-hydrogen) atoms. The molecular weight excluding hydrogens is 405 g/mol. The zero-order chi connectivity index (χ0) is 22.3. The van der Waals surface area contributed by atoms with Crippen molar-refractivity contribution in [2.45, 2.75) is 33.3 Å². The lowest BCUT2D eigenvalue weighted by molar-refractivity contribution is -0.0936. The highest BCUT2D eigenvalue weighted by atomic mass is 16.6. The van der Waals surface area contributed by atoms with Gasteiger partial charge in [-0.1, -0.05) is 105 Å². The summed E-state index contributed by atoms with van der Waals surface area (Å²) in [6.45, 7) is 9.40. The first kappa shape index (κ1) is 23.3. The molecule has 0 unspecified atom stereocenters. The number of hydrogen-bond donors (Lipinski definition) is 1. The molecule has 4 heteroatoms. The van der Waals surface area contributed by atoms with E-state index < -0.39 is 7.12 Å². The summed E-state index contributed by atoms with van der Waals surface area (Å²) >= 11 is 0. The Hall–Kier alpha value is -2.92. The zero-order valence-corrected chi connectivity index (χ0v) is 20.0. The first-order valence-electron chi connectivity index (χ1n) is 11.3. The van der Waals surface area contributed by atoms with Crippen LogP contribution in [0.25, 0.3) is 33.0 Å². The molecule has 0 amide bonds. The molecule has 4 aromatic carbocycles.